The van der Waals surface area contributed by atoms with E-state index in [1.807, 2.05) is 6.07 Å². The SMILES string of the molecule is N#Cc1cc(-c2cc(OC3CC3)ccc2F)c(OCC(=N)/C=C\C(=N)Cl)cc1Cl. The number of allylic oxidation sites excluding steroid dienone is 1. The summed E-state index contributed by atoms with van der Waals surface area (Å²) in [7, 11) is 0. The molecule has 0 saturated heterocycles. The minimum atomic E-state index is -0.505. The van der Waals surface area contributed by atoms with Crippen LogP contribution in [0, 0.1) is 28.0 Å². The molecule has 0 amide bonds. The zero-order valence-electron chi connectivity index (χ0n) is 15.1. The molecule has 0 radical (unpaired) electrons. The van der Waals surface area contributed by atoms with Crippen LogP contribution in [0.2, 0.25) is 5.02 Å². The van der Waals surface area contributed by atoms with E-state index in [0.29, 0.717) is 11.3 Å². The highest BCUT2D eigenvalue weighted by Gasteiger charge is 2.24. The molecule has 2 aromatic carbocycles. The van der Waals surface area contributed by atoms with Crippen molar-refractivity contribution >= 4 is 34.1 Å². The number of hydrogen-bond donors (Lipinski definition) is 2. The third-order valence-electron chi connectivity index (χ3n) is 4.06. The quantitative estimate of drug-likeness (QED) is 0.522. The molecule has 1 aliphatic carbocycles. The van der Waals surface area contributed by atoms with Crippen LogP contribution in [0.15, 0.2) is 42.5 Å². The van der Waals surface area contributed by atoms with Gasteiger partial charge in [0.05, 0.1) is 22.4 Å². The molecule has 8 heteroatoms. The van der Waals surface area contributed by atoms with Crippen LogP contribution in [0.5, 0.6) is 11.5 Å². The summed E-state index contributed by atoms with van der Waals surface area (Å²) in [6.07, 6.45) is 4.66. The predicted octanol–water partition coefficient (Wildman–Crippen LogP) is 5.73. The van der Waals surface area contributed by atoms with Gasteiger partial charge in [-0.25, -0.2) is 4.39 Å². The first-order valence-electron chi connectivity index (χ1n) is 8.70. The standard InChI is InChI=1S/C21H16Cl2FN3O2/c22-18-9-20(28-11-13(26)1-6-21(23)27)17(7-12(18)10-25)16-8-15(4-5-19(16)24)29-14-2-3-14/h1,4-9,14,26-27H,2-3,11H2/b6-1-,26-13?,27-21?. The molecule has 1 saturated carbocycles. The molecular weight excluding hydrogens is 416 g/mol. The largest absolute Gasteiger partial charge is 0.490 e. The van der Waals surface area contributed by atoms with Gasteiger partial charge in [-0.1, -0.05) is 23.2 Å². The fraction of sp³-hybridized carbons (Fsp3) is 0.190. The molecule has 3 rings (SSSR count). The number of nitrogens with one attached hydrogen (secondary N) is 2. The van der Waals surface area contributed by atoms with Crippen molar-refractivity contribution in [3.63, 3.8) is 0 Å². The maximum Gasteiger partial charge on any atom is 0.131 e. The summed E-state index contributed by atoms with van der Waals surface area (Å²) in [5.41, 5.74) is 0.753. The Morgan fingerprint density at radius 3 is 2.62 bits per heavy atom. The van der Waals surface area contributed by atoms with E-state index < -0.39 is 5.82 Å². The van der Waals surface area contributed by atoms with Crippen molar-refractivity contribution in [2.45, 2.75) is 18.9 Å². The highest BCUT2D eigenvalue weighted by molar-refractivity contribution is 6.67. The highest BCUT2D eigenvalue weighted by Crippen LogP contribution is 2.38. The van der Waals surface area contributed by atoms with Crippen molar-refractivity contribution in [1.29, 1.82) is 16.1 Å². The summed E-state index contributed by atoms with van der Waals surface area (Å²) < 4.78 is 26.0. The van der Waals surface area contributed by atoms with Gasteiger partial charge in [-0.3, -0.25) is 5.41 Å². The molecule has 0 atom stereocenters. The predicted molar refractivity (Wildman–Crippen MR) is 111 cm³/mol. The lowest BCUT2D eigenvalue weighted by Crippen LogP contribution is -2.09. The molecule has 0 unspecified atom stereocenters. The van der Waals surface area contributed by atoms with E-state index in [1.54, 1.807) is 12.1 Å². The van der Waals surface area contributed by atoms with E-state index in [0.717, 1.165) is 12.8 Å². The third kappa shape index (κ3) is 5.57. The van der Waals surface area contributed by atoms with Gasteiger partial charge in [0.1, 0.15) is 35.2 Å². The highest BCUT2D eigenvalue weighted by atomic mass is 35.5. The molecule has 1 fully saturated rings. The fourth-order valence-corrected chi connectivity index (χ4v) is 2.77. The Kier molecular flexibility index (Phi) is 6.53. The van der Waals surface area contributed by atoms with E-state index in [1.165, 1.54) is 30.4 Å². The van der Waals surface area contributed by atoms with E-state index in [2.05, 4.69) is 0 Å². The van der Waals surface area contributed by atoms with Crippen LogP contribution in [-0.2, 0) is 0 Å². The van der Waals surface area contributed by atoms with Gasteiger partial charge in [0.2, 0.25) is 0 Å². The number of ether oxygens (including phenoxy) is 2. The third-order valence-corrected chi connectivity index (χ3v) is 4.50. The summed E-state index contributed by atoms with van der Waals surface area (Å²) in [5, 5.41) is 24.2. The minimum Gasteiger partial charge on any atom is -0.490 e. The van der Waals surface area contributed by atoms with Gasteiger partial charge in [0.25, 0.3) is 0 Å². The van der Waals surface area contributed by atoms with Crippen molar-refractivity contribution in [2.75, 3.05) is 6.61 Å². The molecule has 1 aliphatic rings. The van der Waals surface area contributed by atoms with Crippen LogP contribution in [0.1, 0.15) is 18.4 Å². The first-order valence-corrected chi connectivity index (χ1v) is 9.45. The van der Waals surface area contributed by atoms with Crippen molar-refractivity contribution in [3.8, 4) is 28.7 Å². The molecule has 0 heterocycles. The van der Waals surface area contributed by atoms with Crippen LogP contribution in [0.25, 0.3) is 11.1 Å². The zero-order valence-corrected chi connectivity index (χ0v) is 16.6. The van der Waals surface area contributed by atoms with Crippen molar-refractivity contribution in [2.24, 2.45) is 0 Å². The lowest BCUT2D eigenvalue weighted by molar-refractivity contribution is 0.303. The van der Waals surface area contributed by atoms with Crippen molar-refractivity contribution in [3.05, 3.63) is 58.9 Å². The van der Waals surface area contributed by atoms with Crippen LogP contribution < -0.4 is 9.47 Å². The molecule has 0 aliphatic heterocycles. The first kappa shape index (κ1) is 20.8. The monoisotopic (exact) mass is 431 g/mol. The number of halogens is 3. The summed E-state index contributed by atoms with van der Waals surface area (Å²) >= 11 is 11.5. The average molecular weight is 432 g/mol. The van der Waals surface area contributed by atoms with Gasteiger partial charge in [-0.15, -0.1) is 0 Å². The van der Waals surface area contributed by atoms with E-state index in [-0.39, 0.29) is 45.5 Å². The van der Waals surface area contributed by atoms with Crippen LogP contribution in [0.4, 0.5) is 4.39 Å². The Hall–Kier alpha value is -2.88. The Balaban J connectivity index is 1.95. The maximum atomic E-state index is 14.6. The number of rotatable bonds is 8. The lowest BCUT2D eigenvalue weighted by atomic mass is 10.0. The second-order valence-electron chi connectivity index (χ2n) is 6.39. The Labute approximate surface area is 177 Å². The average Bonchev–Trinajstić information content (AvgIpc) is 3.50. The molecular formula is C21H16Cl2FN3O2. The second kappa shape index (κ2) is 9.08. The second-order valence-corrected chi connectivity index (χ2v) is 7.21. The summed E-state index contributed by atoms with van der Waals surface area (Å²) in [6, 6.07) is 9.26. The van der Waals surface area contributed by atoms with Gasteiger partial charge >= 0.3 is 0 Å². The van der Waals surface area contributed by atoms with E-state index in [4.69, 9.17) is 43.5 Å². The van der Waals surface area contributed by atoms with Crippen molar-refractivity contribution in [1.82, 2.24) is 0 Å². The molecule has 0 spiro atoms. The van der Waals surface area contributed by atoms with Crippen LogP contribution >= 0.6 is 23.2 Å². The van der Waals surface area contributed by atoms with Crippen LogP contribution in [0.3, 0.4) is 0 Å². The fourth-order valence-electron chi connectivity index (χ4n) is 2.51. The maximum absolute atomic E-state index is 14.6. The van der Waals surface area contributed by atoms with Gasteiger partial charge in [-0.05, 0) is 49.3 Å². The van der Waals surface area contributed by atoms with Crippen molar-refractivity contribution < 1.29 is 13.9 Å². The molecule has 29 heavy (non-hydrogen) atoms. The minimum absolute atomic E-state index is 0.0492. The molecule has 5 nitrogen and oxygen atoms in total. The zero-order chi connectivity index (χ0) is 21.0. The Morgan fingerprint density at radius 1 is 1.21 bits per heavy atom. The number of nitrogens with zero attached hydrogens (tertiary/aromatic N) is 1. The molecule has 0 aromatic heterocycles. The molecule has 2 N–H and O–H groups in total. The van der Waals surface area contributed by atoms with Gasteiger partial charge in [0, 0.05) is 17.2 Å². The molecule has 2 aromatic rings. The number of nitriles is 1. The Morgan fingerprint density at radius 2 is 1.97 bits per heavy atom. The van der Waals surface area contributed by atoms with Gasteiger partial charge in [0.15, 0.2) is 0 Å². The summed E-state index contributed by atoms with van der Waals surface area (Å²) in [5.74, 6) is 0.241. The van der Waals surface area contributed by atoms with E-state index in [9.17, 15) is 9.65 Å². The molecule has 148 valence electrons. The lowest BCUT2D eigenvalue weighted by Gasteiger charge is -2.15. The number of hydrogen-bond acceptors (Lipinski definition) is 5. The molecule has 0 bridgehead atoms. The number of benzene rings is 2. The first-order chi connectivity index (χ1) is 13.9. The normalized spacial score (nSPS) is 13.2. The van der Waals surface area contributed by atoms with Gasteiger partial charge < -0.3 is 14.9 Å². The van der Waals surface area contributed by atoms with E-state index >= 15 is 0 Å². The smallest absolute Gasteiger partial charge is 0.131 e. The van der Waals surface area contributed by atoms with Crippen LogP contribution in [-0.4, -0.2) is 23.6 Å². The topological polar surface area (TPSA) is 89.9 Å². The summed E-state index contributed by atoms with van der Waals surface area (Å²) in [6.45, 7) is -0.157. The van der Waals surface area contributed by atoms with Gasteiger partial charge in [-0.2, -0.15) is 5.26 Å². The Bertz CT molecular complexity index is 1040. The summed E-state index contributed by atoms with van der Waals surface area (Å²) in [4.78, 5) is 0.